The van der Waals surface area contributed by atoms with E-state index in [0.717, 1.165) is 46.0 Å². The Kier molecular flexibility index (Phi) is 4.74. The Hall–Kier alpha value is -3.92. The average molecular weight is 390 g/mol. The number of aryl methyl sites for hydroxylation is 1. The molecule has 0 aliphatic rings. The van der Waals surface area contributed by atoms with E-state index in [1.807, 2.05) is 47.1 Å². The van der Waals surface area contributed by atoms with E-state index in [4.69, 9.17) is 4.98 Å². The van der Waals surface area contributed by atoms with Crippen molar-refractivity contribution in [2.45, 2.75) is 13.3 Å². The fraction of sp³-hybridized carbons (Fsp3) is 0.0769. The van der Waals surface area contributed by atoms with Crippen LogP contribution in [-0.2, 0) is 6.42 Å². The monoisotopic (exact) mass is 390 g/mol. The van der Waals surface area contributed by atoms with Gasteiger partial charge in [-0.15, -0.1) is 0 Å². The standard InChI is InChI=1S/C26H22N4/c1-2-19-13-15-22(16-14-19)28-25-17-24(21-11-7-4-8-12-21)29-26-23(18-27-30(25)26)20-9-5-3-6-10-20/h3-18,28H,2H2,1H3. The first-order valence-corrected chi connectivity index (χ1v) is 10.2. The molecule has 0 saturated heterocycles. The molecule has 2 aromatic heterocycles. The molecular weight excluding hydrogens is 368 g/mol. The molecule has 0 spiro atoms. The molecule has 0 aliphatic heterocycles. The van der Waals surface area contributed by atoms with Crippen LogP contribution in [0.3, 0.4) is 0 Å². The Labute approximate surface area is 175 Å². The van der Waals surface area contributed by atoms with Gasteiger partial charge in [-0.1, -0.05) is 79.7 Å². The lowest BCUT2D eigenvalue weighted by molar-refractivity contribution is 0.949. The van der Waals surface area contributed by atoms with Crippen molar-refractivity contribution in [2.24, 2.45) is 0 Å². The highest BCUT2D eigenvalue weighted by atomic mass is 15.3. The number of hydrogen-bond acceptors (Lipinski definition) is 3. The molecule has 2 heterocycles. The van der Waals surface area contributed by atoms with E-state index in [-0.39, 0.29) is 0 Å². The minimum atomic E-state index is 0.829. The van der Waals surface area contributed by atoms with Gasteiger partial charge in [0.1, 0.15) is 5.82 Å². The normalized spacial score (nSPS) is 11.0. The third-order valence-corrected chi connectivity index (χ3v) is 5.26. The molecule has 0 unspecified atom stereocenters. The highest BCUT2D eigenvalue weighted by molar-refractivity contribution is 5.81. The highest BCUT2D eigenvalue weighted by Crippen LogP contribution is 2.30. The molecule has 0 saturated carbocycles. The van der Waals surface area contributed by atoms with Gasteiger partial charge >= 0.3 is 0 Å². The third kappa shape index (κ3) is 3.44. The summed E-state index contributed by atoms with van der Waals surface area (Å²) in [7, 11) is 0. The Morgan fingerprint density at radius 3 is 2.13 bits per heavy atom. The van der Waals surface area contributed by atoms with Gasteiger partial charge in [-0.3, -0.25) is 0 Å². The maximum absolute atomic E-state index is 4.97. The van der Waals surface area contributed by atoms with Gasteiger partial charge in [0.15, 0.2) is 5.65 Å². The Bertz CT molecular complexity index is 1270. The predicted molar refractivity (Wildman–Crippen MR) is 123 cm³/mol. The molecular formula is C26H22N4. The molecule has 0 atom stereocenters. The summed E-state index contributed by atoms with van der Waals surface area (Å²) in [6, 6.07) is 31.1. The second kappa shape index (κ2) is 7.84. The van der Waals surface area contributed by atoms with E-state index < -0.39 is 0 Å². The Balaban J connectivity index is 1.67. The molecule has 3 aromatic carbocycles. The average Bonchev–Trinajstić information content (AvgIpc) is 3.25. The molecule has 5 aromatic rings. The molecule has 30 heavy (non-hydrogen) atoms. The molecule has 0 aliphatic carbocycles. The zero-order valence-corrected chi connectivity index (χ0v) is 16.8. The van der Waals surface area contributed by atoms with Gasteiger partial charge in [0.2, 0.25) is 0 Å². The summed E-state index contributed by atoms with van der Waals surface area (Å²) < 4.78 is 1.88. The lowest BCUT2D eigenvalue weighted by atomic mass is 10.1. The van der Waals surface area contributed by atoms with Crippen LogP contribution in [0.25, 0.3) is 28.0 Å². The fourth-order valence-corrected chi connectivity index (χ4v) is 3.60. The molecule has 4 nitrogen and oxygen atoms in total. The number of hydrogen-bond donors (Lipinski definition) is 1. The van der Waals surface area contributed by atoms with Gasteiger partial charge < -0.3 is 5.32 Å². The van der Waals surface area contributed by atoms with Gasteiger partial charge in [0.25, 0.3) is 0 Å². The summed E-state index contributed by atoms with van der Waals surface area (Å²) >= 11 is 0. The number of aromatic nitrogens is 3. The van der Waals surface area contributed by atoms with Gasteiger partial charge in [0, 0.05) is 22.9 Å². The molecule has 1 N–H and O–H groups in total. The highest BCUT2D eigenvalue weighted by Gasteiger charge is 2.14. The topological polar surface area (TPSA) is 42.2 Å². The number of nitrogens with one attached hydrogen (secondary N) is 1. The van der Waals surface area contributed by atoms with Crippen LogP contribution >= 0.6 is 0 Å². The lowest BCUT2D eigenvalue weighted by Gasteiger charge is -2.12. The predicted octanol–water partition coefficient (Wildman–Crippen LogP) is 6.37. The zero-order valence-electron chi connectivity index (χ0n) is 16.8. The van der Waals surface area contributed by atoms with Crippen molar-refractivity contribution in [2.75, 3.05) is 5.32 Å². The van der Waals surface area contributed by atoms with Crippen LogP contribution in [0.1, 0.15) is 12.5 Å². The molecule has 0 fully saturated rings. The summed E-state index contributed by atoms with van der Waals surface area (Å²) in [5.41, 5.74) is 7.26. The van der Waals surface area contributed by atoms with E-state index in [1.54, 1.807) is 0 Å². The maximum atomic E-state index is 4.97. The van der Waals surface area contributed by atoms with Crippen LogP contribution in [-0.4, -0.2) is 14.6 Å². The van der Waals surface area contributed by atoms with Gasteiger partial charge in [-0.05, 0) is 29.7 Å². The first-order valence-electron chi connectivity index (χ1n) is 10.2. The second-order valence-corrected chi connectivity index (χ2v) is 7.23. The van der Waals surface area contributed by atoms with Crippen molar-refractivity contribution in [1.82, 2.24) is 14.6 Å². The van der Waals surface area contributed by atoms with Crippen LogP contribution in [0, 0.1) is 0 Å². The van der Waals surface area contributed by atoms with Crippen molar-refractivity contribution < 1.29 is 0 Å². The van der Waals surface area contributed by atoms with E-state index in [9.17, 15) is 0 Å². The van der Waals surface area contributed by atoms with E-state index in [0.29, 0.717) is 0 Å². The van der Waals surface area contributed by atoms with E-state index in [1.165, 1.54) is 5.56 Å². The first kappa shape index (κ1) is 18.1. The summed E-state index contributed by atoms with van der Waals surface area (Å²) in [6.07, 6.45) is 2.91. The largest absolute Gasteiger partial charge is 0.340 e. The summed E-state index contributed by atoms with van der Waals surface area (Å²) in [6.45, 7) is 2.16. The van der Waals surface area contributed by atoms with Crippen molar-refractivity contribution in [1.29, 1.82) is 0 Å². The molecule has 5 rings (SSSR count). The van der Waals surface area contributed by atoms with Crippen molar-refractivity contribution in [3.63, 3.8) is 0 Å². The summed E-state index contributed by atoms with van der Waals surface area (Å²) in [5, 5.41) is 8.18. The molecule has 146 valence electrons. The zero-order chi connectivity index (χ0) is 20.3. The van der Waals surface area contributed by atoms with Gasteiger partial charge in [-0.2, -0.15) is 9.61 Å². The molecule has 0 radical (unpaired) electrons. The van der Waals surface area contributed by atoms with E-state index >= 15 is 0 Å². The second-order valence-electron chi connectivity index (χ2n) is 7.23. The minimum Gasteiger partial charge on any atom is -0.340 e. The summed E-state index contributed by atoms with van der Waals surface area (Å²) in [5.74, 6) is 0.880. The minimum absolute atomic E-state index is 0.829. The van der Waals surface area contributed by atoms with Crippen LogP contribution in [0.5, 0.6) is 0 Å². The van der Waals surface area contributed by atoms with Crippen LogP contribution in [0.2, 0.25) is 0 Å². The van der Waals surface area contributed by atoms with Crippen LogP contribution in [0.15, 0.2) is 97.2 Å². The van der Waals surface area contributed by atoms with E-state index in [2.05, 4.69) is 71.9 Å². The SMILES string of the molecule is CCc1ccc(Nc2cc(-c3ccccc3)nc3c(-c4ccccc4)cnn23)cc1. The third-order valence-electron chi connectivity index (χ3n) is 5.26. The molecule has 0 bridgehead atoms. The van der Waals surface area contributed by atoms with Gasteiger partial charge in [-0.25, -0.2) is 4.98 Å². The Morgan fingerprint density at radius 2 is 1.47 bits per heavy atom. The van der Waals surface area contributed by atoms with Crippen molar-refractivity contribution in [3.05, 3.63) is 103 Å². The first-order chi connectivity index (χ1) is 14.8. The number of nitrogens with zero attached hydrogens (tertiary/aromatic N) is 3. The number of anilines is 2. The summed E-state index contributed by atoms with van der Waals surface area (Å²) in [4.78, 5) is 4.97. The fourth-order valence-electron chi connectivity index (χ4n) is 3.60. The number of rotatable bonds is 5. The van der Waals surface area contributed by atoms with Crippen LogP contribution in [0.4, 0.5) is 11.5 Å². The van der Waals surface area contributed by atoms with Crippen molar-refractivity contribution in [3.8, 4) is 22.4 Å². The van der Waals surface area contributed by atoms with Crippen molar-refractivity contribution >= 4 is 17.2 Å². The molecule has 4 heteroatoms. The number of benzene rings is 3. The van der Waals surface area contributed by atoms with Crippen LogP contribution < -0.4 is 5.32 Å². The smallest absolute Gasteiger partial charge is 0.165 e. The Morgan fingerprint density at radius 1 is 0.800 bits per heavy atom. The van der Waals surface area contributed by atoms with Gasteiger partial charge in [0.05, 0.1) is 11.9 Å². The quantitative estimate of drug-likeness (QED) is 0.379. The molecule has 0 amide bonds. The number of fused-ring (bicyclic) bond motifs is 1. The maximum Gasteiger partial charge on any atom is 0.165 e. The lowest BCUT2D eigenvalue weighted by Crippen LogP contribution is -2.02.